The summed E-state index contributed by atoms with van der Waals surface area (Å²) in [6.45, 7) is 7.48. The van der Waals surface area contributed by atoms with E-state index in [1.807, 2.05) is 20.8 Å². The molecule has 3 saturated heterocycles. The van der Waals surface area contributed by atoms with Gasteiger partial charge in [-0.3, -0.25) is 4.79 Å². The first-order chi connectivity index (χ1) is 13.8. The summed E-state index contributed by atoms with van der Waals surface area (Å²) in [5.74, 6) is -3.74. The molecule has 30 heavy (non-hydrogen) atoms. The minimum atomic E-state index is -2.51. The maximum Gasteiger partial charge on any atom is 0.342 e. The molecule has 0 aromatic rings. The average Bonchev–Trinajstić information content (AvgIpc) is 3.10. The third-order valence-electron chi connectivity index (χ3n) is 8.48. The molecule has 0 bridgehead atoms. The van der Waals surface area contributed by atoms with Gasteiger partial charge in [-0.1, -0.05) is 20.8 Å². The summed E-state index contributed by atoms with van der Waals surface area (Å²) in [4.78, 5) is 37.6. The highest BCUT2D eigenvalue weighted by atomic mass is 16.6. The Morgan fingerprint density at radius 2 is 1.63 bits per heavy atom. The lowest BCUT2D eigenvalue weighted by molar-refractivity contribution is -0.208. The van der Waals surface area contributed by atoms with E-state index >= 15 is 0 Å². The Hall–Kier alpha value is -1.71. The molecule has 9 atom stereocenters. The lowest BCUT2D eigenvalue weighted by Crippen LogP contribution is -2.68. The van der Waals surface area contributed by atoms with Gasteiger partial charge in [-0.15, -0.1) is 0 Å². The predicted octanol–water partition coefficient (Wildman–Crippen LogP) is -0.172. The minimum Gasteiger partial charge on any atom is -0.460 e. The molecular weight excluding hydrogens is 396 g/mol. The second kappa shape index (κ2) is 5.37. The van der Waals surface area contributed by atoms with Gasteiger partial charge in [-0.05, 0) is 31.6 Å². The van der Waals surface area contributed by atoms with Crippen LogP contribution in [0.15, 0.2) is 0 Å². The van der Waals surface area contributed by atoms with Gasteiger partial charge in [0.2, 0.25) is 5.60 Å². The molecule has 5 fully saturated rings. The summed E-state index contributed by atoms with van der Waals surface area (Å²) in [6, 6.07) is 0. The molecule has 0 aromatic heterocycles. The van der Waals surface area contributed by atoms with Gasteiger partial charge in [0, 0.05) is 6.42 Å². The number of aliphatic hydroxyl groups is 3. The average molecular weight is 424 g/mol. The first-order valence-electron chi connectivity index (χ1n) is 10.5. The van der Waals surface area contributed by atoms with E-state index in [1.165, 1.54) is 6.92 Å². The lowest BCUT2D eigenvalue weighted by atomic mass is 9.56. The standard InChI is InChI=1S/C21H28O9/c1-9-14(23)29-12-8-19(18-7-11(18)28-15(24)13(18)22)10(5-6-17(2,3)4)30-16(25)21(19,27)20(9,12)26/h9-13,22,26-27H,5-8H2,1-4H3/t9-,10-,11+,12+,13+,18?,19?,20-,21-/m1/s1. The molecule has 9 nitrogen and oxygen atoms in total. The van der Waals surface area contributed by atoms with Crippen LogP contribution in [0.1, 0.15) is 53.4 Å². The third-order valence-corrected chi connectivity index (χ3v) is 8.48. The number of cyclic esters (lactones) is 1. The molecule has 0 amide bonds. The van der Waals surface area contributed by atoms with Crippen LogP contribution >= 0.6 is 0 Å². The summed E-state index contributed by atoms with van der Waals surface area (Å²) in [5, 5.41) is 34.4. The molecule has 0 spiro atoms. The first-order valence-corrected chi connectivity index (χ1v) is 10.5. The molecule has 2 aliphatic carbocycles. The molecule has 9 heteroatoms. The summed E-state index contributed by atoms with van der Waals surface area (Å²) >= 11 is 0. The summed E-state index contributed by atoms with van der Waals surface area (Å²) in [5.41, 5.74) is -7.64. The number of carbonyl (C=O) groups excluding carboxylic acids is 3. The number of fused-ring (bicyclic) bond motifs is 5. The largest absolute Gasteiger partial charge is 0.460 e. The molecule has 2 unspecified atom stereocenters. The lowest BCUT2D eigenvalue weighted by Gasteiger charge is -2.46. The molecular formula is C21H28O9. The number of hydrogen-bond acceptors (Lipinski definition) is 9. The molecule has 5 rings (SSSR count). The van der Waals surface area contributed by atoms with E-state index in [2.05, 4.69) is 0 Å². The highest BCUT2D eigenvalue weighted by Crippen LogP contribution is 2.79. The summed E-state index contributed by atoms with van der Waals surface area (Å²) < 4.78 is 16.4. The molecule has 3 aliphatic heterocycles. The van der Waals surface area contributed by atoms with E-state index in [4.69, 9.17) is 14.2 Å². The van der Waals surface area contributed by atoms with Crippen LogP contribution in [0.2, 0.25) is 0 Å². The third kappa shape index (κ3) is 1.85. The second-order valence-electron chi connectivity index (χ2n) is 10.9. The number of carbonyl (C=O) groups is 3. The smallest absolute Gasteiger partial charge is 0.342 e. The van der Waals surface area contributed by atoms with Crippen molar-refractivity contribution in [3.63, 3.8) is 0 Å². The van der Waals surface area contributed by atoms with Gasteiger partial charge in [0.05, 0.1) is 16.7 Å². The fourth-order valence-corrected chi connectivity index (χ4v) is 6.86. The Labute approximate surface area is 173 Å². The van der Waals surface area contributed by atoms with Gasteiger partial charge in [-0.25, -0.2) is 9.59 Å². The maximum atomic E-state index is 13.2. The van der Waals surface area contributed by atoms with Gasteiger partial charge < -0.3 is 29.5 Å². The molecule has 0 aromatic carbocycles. The SMILES string of the molecule is C[C@@H]1C(=O)O[C@H]2CC3(C45C[C@@H]4OC(=O)[C@@H]5O)[C@@H](CCC(C)(C)C)OC(=O)[C@]3(O)[C@]21O. The zero-order valence-electron chi connectivity index (χ0n) is 17.5. The fraction of sp³-hybridized carbons (Fsp3) is 0.857. The van der Waals surface area contributed by atoms with E-state index in [0.29, 0.717) is 12.8 Å². The van der Waals surface area contributed by atoms with Crippen molar-refractivity contribution in [1.82, 2.24) is 0 Å². The van der Waals surface area contributed by atoms with Crippen molar-refractivity contribution in [1.29, 1.82) is 0 Å². The first kappa shape index (κ1) is 20.2. The summed E-state index contributed by atoms with van der Waals surface area (Å²) in [6.07, 6.45) is -3.13. The van der Waals surface area contributed by atoms with Crippen molar-refractivity contribution in [3.8, 4) is 0 Å². The van der Waals surface area contributed by atoms with Crippen molar-refractivity contribution < 1.29 is 43.9 Å². The fourth-order valence-electron chi connectivity index (χ4n) is 6.86. The normalized spacial score (nSPS) is 53.7. The van der Waals surface area contributed by atoms with Crippen LogP contribution in [0.3, 0.4) is 0 Å². The van der Waals surface area contributed by atoms with Crippen molar-refractivity contribution in [2.24, 2.45) is 22.2 Å². The highest BCUT2D eigenvalue weighted by Gasteiger charge is 2.96. The van der Waals surface area contributed by atoms with Crippen LogP contribution in [-0.2, 0) is 28.6 Å². The quantitative estimate of drug-likeness (QED) is 0.416. The van der Waals surface area contributed by atoms with E-state index in [0.717, 1.165) is 0 Å². The highest BCUT2D eigenvalue weighted by molar-refractivity contribution is 5.92. The van der Waals surface area contributed by atoms with Crippen LogP contribution in [0.4, 0.5) is 0 Å². The number of ether oxygens (including phenoxy) is 3. The van der Waals surface area contributed by atoms with E-state index < -0.39 is 70.3 Å². The van der Waals surface area contributed by atoms with Crippen LogP contribution < -0.4 is 0 Å². The van der Waals surface area contributed by atoms with Crippen LogP contribution in [0.5, 0.6) is 0 Å². The Balaban J connectivity index is 1.69. The Morgan fingerprint density at radius 1 is 1.00 bits per heavy atom. The van der Waals surface area contributed by atoms with Crippen LogP contribution in [0.25, 0.3) is 0 Å². The second-order valence-corrected chi connectivity index (χ2v) is 10.9. The van der Waals surface area contributed by atoms with Gasteiger partial charge in [0.15, 0.2) is 11.7 Å². The topological polar surface area (TPSA) is 140 Å². The number of rotatable bonds is 3. The Bertz CT molecular complexity index is 863. The molecule has 5 aliphatic rings. The van der Waals surface area contributed by atoms with E-state index in [9.17, 15) is 29.7 Å². The number of hydrogen-bond donors (Lipinski definition) is 3. The predicted molar refractivity (Wildman–Crippen MR) is 97.5 cm³/mol. The van der Waals surface area contributed by atoms with Crippen LogP contribution in [-0.4, -0.2) is 68.8 Å². The Morgan fingerprint density at radius 3 is 2.20 bits per heavy atom. The molecule has 3 heterocycles. The monoisotopic (exact) mass is 424 g/mol. The molecule has 3 N–H and O–H groups in total. The van der Waals surface area contributed by atoms with Gasteiger partial charge in [-0.2, -0.15) is 0 Å². The van der Waals surface area contributed by atoms with E-state index in [-0.39, 0.29) is 18.3 Å². The maximum absolute atomic E-state index is 13.2. The van der Waals surface area contributed by atoms with Crippen molar-refractivity contribution in [3.05, 3.63) is 0 Å². The Kier molecular flexibility index (Phi) is 3.61. The van der Waals surface area contributed by atoms with Crippen molar-refractivity contribution in [2.75, 3.05) is 0 Å². The zero-order valence-corrected chi connectivity index (χ0v) is 17.5. The minimum absolute atomic E-state index is 0.0964. The van der Waals surface area contributed by atoms with Gasteiger partial charge in [0.1, 0.15) is 18.3 Å². The molecule has 166 valence electrons. The summed E-state index contributed by atoms with van der Waals surface area (Å²) in [7, 11) is 0. The van der Waals surface area contributed by atoms with Crippen LogP contribution in [0, 0.1) is 22.2 Å². The number of esters is 3. The van der Waals surface area contributed by atoms with Gasteiger partial charge in [0.25, 0.3) is 0 Å². The number of aliphatic hydroxyl groups excluding tert-OH is 1. The zero-order chi connectivity index (χ0) is 22.1. The van der Waals surface area contributed by atoms with E-state index in [1.54, 1.807) is 0 Å². The van der Waals surface area contributed by atoms with Crippen molar-refractivity contribution in [2.45, 2.75) is 89.0 Å². The molecule has 0 radical (unpaired) electrons. The van der Waals surface area contributed by atoms with Crippen molar-refractivity contribution >= 4 is 17.9 Å². The van der Waals surface area contributed by atoms with Gasteiger partial charge >= 0.3 is 17.9 Å². The molecule has 2 saturated carbocycles.